The van der Waals surface area contributed by atoms with Crippen molar-refractivity contribution in [3.05, 3.63) is 70.0 Å². The van der Waals surface area contributed by atoms with Gasteiger partial charge in [0.1, 0.15) is 10.6 Å². The number of likely N-dealkylation sites (tertiary alicyclic amines) is 1. The Balaban J connectivity index is 1.40. The number of alkyl halides is 3. The van der Waals surface area contributed by atoms with Crippen LogP contribution in [0, 0.1) is 6.92 Å². The molecule has 3 aromatic rings. The summed E-state index contributed by atoms with van der Waals surface area (Å²) in [4.78, 5) is 19.8. The highest BCUT2D eigenvalue weighted by atomic mass is 32.1. The Morgan fingerprint density at radius 1 is 1.09 bits per heavy atom. The van der Waals surface area contributed by atoms with Gasteiger partial charge in [0.05, 0.1) is 11.3 Å². The van der Waals surface area contributed by atoms with Crippen molar-refractivity contribution in [1.29, 1.82) is 0 Å². The molecule has 0 atom stereocenters. The van der Waals surface area contributed by atoms with E-state index in [-0.39, 0.29) is 5.69 Å². The third-order valence-electron chi connectivity index (χ3n) is 5.58. The summed E-state index contributed by atoms with van der Waals surface area (Å²) in [7, 11) is 0. The van der Waals surface area contributed by atoms with Gasteiger partial charge in [-0.1, -0.05) is 30.3 Å². The number of hydrogen-bond donors (Lipinski definition) is 2. The van der Waals surface area contributed by atoms with Crippen molar-refractivity contribution in [2.75, 3.05) is 18.4 Å². The van der Waals surface area contributed by atoms with Crippen molar-refractivity contribution >= 4 is 23.1 Å². The van der Waals surface area contributed by atoms with Crippen LogP contribution in [0.2, 0.25) is 0 Å². The van der Waals surface area contributed by atoms with Gasteiger partial charge in [-0.2, -0.15) is 13.2 Å². The summed E-state index contributed by atoms with van der Waals surface area (Å²) in [6.45, 7) is 2.59. The molecule has 1 aliphatic rings. The third kappa shape index (κ3) is 4.63. The van der Waals surface area contributed by atoms with E-state index in [1.165, 1.54) is 23.5 Å². The molecule has 4 rings (SSSR count). The molecule has 32 heavy (non-hydrogen) atoms. The first kappa shape index (κ1) is 22.3. The van der Waals surface area contributed by atoms with Gasteiger partial charge in [-0.25, -0.2) is 9.78 Å². The number of nitrogens with zero attached hydrogens (tertiary/aromatic N) is 2. The van der Waals surface area contributed by atoms with Gasteiger partial charge in [-0.3, -0.25) is 0 Å². The molecule has 0 spiro atoms. The van der Waals surface area contributed by atoms with Gasteiger partial charge in [-0.05, 0) is 31.2 Å². The van der Waals surface area contributed by atoms with E-state index in [4.69, 9.17) is 4.98 Å². The Morgan fingerprint density at radius 3 is 2.31 bits per heavy atom. The van der Waals surface area contributed by atoms with Crippen molar-refractivity contribution < 1.29 is 23.1 Å². The number of thiazole rings is 1. The van der Waals surface area contributed by atoms with E-state index in [0.29, 0.717) is 30.9 Å². The van der Waals surface area contributed by atoms with E-state index in [2.05, 4.69) is 5.32 Å². The SMILES string of the molecule is Cc1sc(C2(O)CCN(C(=O)Nc3ccc(C(F)(F)F)cc3)CC2)nc1-c1ccccc1. The average Bonchev–Trinajstić information content (AvgIpc) is 3.17. The number of nitrogens with one attached hydrogen (secondary N) is 1. The van der Waals surface area contributed by atoms with Crippen LogP contribution in [0.5, 0.6) is 0 Å². The van der Waals surface area contributed by atoms with Gasteiger partial charge >= 0.3 is 12.2 Å². The predicted octanol–water partition coefficient (Wildman–Crippen LogP) is 5.65. The first-order valence-corrected chi connectivity index (χ1v) is 11.0. The molecule has 168 valence electrons. The maximum absolute atomic E-state index is 12.7. The number of piperidine rings is 1. The number of aryl methyl sites for hydroxylation is 1. The number of carbonyl (C=O) groups is 1. The Kier molecular flexibility index (Phi) is 5.96. The average molecular weight is 462 g/mol. The molecule has 2 amide bonds. The molecular formula is C23H22F3N3O2S. The van der Waals surface area contributed by atoms with Crippen LogP contribution in [0.25, 0.3) is 11.3 Å². The van der Waals surface area contributed by atoms with Crippen molar-refractivity contribution in [3.63, 3.8) is 0 Å². The van der Waals surface area contributed by atoms with Crippen LogP contribution in [-0.2, 0) is 11.8 Å². The van der Waals surface area contributed by atoms with Crippen LogP contribution in [0.3, 0.4) is 0 Å². The predicted molar refractivity (Wildman–Crippen MR) is 117 cm³/mol. The second-order valence-electron chi connectivity index (χ2n) is 7.81. The van der Waals surface area contributed by atoms with Crippen LogP contribution in [-0.4, -0.2) is 34.1 Å². The van der Waals surface area contributed by atoms with Crippen molar-refractivity contribution in [1.82, 2.24) is 9.88 Å². The number of hydrogen-bond acceptors (Lipinski definition) is 4. The van der Waals surface area contributed by atoms with E-state index in [9.17, 15) is 23.1 Å². The molecule has 0 bridgehead atoms. The minimum Gasteiger partial charge on any atom is -0.383 e. The van der Waals surface area contributed by atoms with Gasteiger partial charge < -0.3 is 15.3 Å². The fourth-order valence-electron chi connectivity index (χ4n) is 3.70. The molecule has 0 radical (unpaired) electrons. The maximum Gasteiger partial charge on any atom is 0.416 e. The number of rotatable bonds is 3. The highest BCUT2D eigenvalue weighted by Gasteiger charge is 2.38. The Labute approximate surface area is 187 Å². The minimum atomic E-state index is -4.42. The Hall–Kier alpha value is -2.91. The molecule has 5 nitrogen and oxygen atoms in total. The zero-order valence-electron chi connectivity index (χ0n) is 17.3. The van der Waals surface area contributed by atoms with E-state index in [0.717, 1.165) is 28.3 Å². The number of halogens is 3. The quantitative estimate of drug-likeness (QED) is 0.530. The second kappa shape index (κ2) is 8.55. The van der Waals surface area contributed by atoms with Crippen LogP contribution in [0.1, 0.15) is 28.3 Å². The highest BCUT2D eigenvalue weighted by Crippen LogP contribution is 2.39. The number of anilines is 1. The molecule has 1 fully saturated rings. The molecular weight excluding hydrogens is 439 g/mol. The van der Waals surface area contributed by atoms with Crippen LogP contribution >= 0.6 is 11.3 Å². The summed E-state index contributed by atoms with van der Waals surface area (Å²) in [6, 6.07) is 13.7. The molecule has 9 heteroatoms. The van der Waals surface area contributed by atoms with E-state index >= 15 is 0 Å². The summed E-state index contributed by atoms with van der Waals surface area (Å²) in [5, 5.41) is 14.5. The van der Waals surface area contributed by atoms with Gasteiger partial charge in [0.25, 0.3) is 0 Å². The third-order valence-corrected chi connectivity index (χ3v) is 6.75. The fourth-order valence-corrected chi connectivity index (χ4v) is 4.78. The van der Waals surface area contributed by atoms with E-state index in [1.54, 1.807) is 4.90 Å². The number of benzene rings is 2. The lowest BCUT2D eigenvalue weighted by molar-refractivity contribution is -0.137. The lowest BCUT2D eigenvalue weighted by atomic mass is 9.92. The number of carbonyl (C=O) groups excluding carboxylic acids is 1. The van der Waals surface area contributed by atoms with Crippen molar-refractivity contribution in [2.45, 2.75) is 31.5 Å². The minimum absolute atomic E-state index is 0.284. The number of aliphatic hydroxyl groups is 1. The summed E-state index contributed by atoms with van der Waals surface area (Å²) >= 11 is 1.46. The first-order chi connectivity index (χ1) is 15.2. The summed E-state index contributed by atoms with van der Waals surface area (Å²) < 4.78 is 38.1. The second-order valence-corrected chi connectivity index (χ2v) is 9.02. The zero-order valence-corrected chi connectivity index (χ0v) is 18.1. The molecule has 2 heterocycles. The van der Waals surface area contributed by atoms with E-state index in [1.807, 2.05) is 37.3 Å². The topological polar surface area (TPSA) is 65.5 Å². The van der Waals surface area contributed by atoms with Crippen LogP contribution in [0.4, 0.5) is 23.7 Å². The molecule has 1 aliphatic heterocycles. The van der Waals surface area contributed by atoms with Crippen molar-refractivity contribution in [2.24, 2.45) is 0 Å². The molecule has 1 aromatic heterocycles. The van der Waals surface area contributed by atoms with Gasteiger partial charge in [-0.15, -0.1) is 11.3 Å². The first-order valence-electron chi connectivity index (χ1n) is 10.1. The summed E-state index contributed by atoms with van der Waals surface area (Å²) in [5.41, 5.74) is 0.234. The molecule has 1 saturated heterocycles. The maximum atomic E-state index is 12.7. The van der Waals surface area contributed by atoms with Crippen molar-refractivity contribution in [3.8, 4) is 11.3 Å². The van der Waals surface area contributed by atoms with Gasteiger partial charge in [0.2, 0.25) is 0 Å². The number of amides is 2. The molecule has 0 aliphatic carbocycles. The highest BCUT2D eigenvalue weighted by molar-refractivity contribution is 7.12. The molecule has 0 saturated carbocycles. The summed E-state index contributed by atoms with van der Waals surface area (Å²) in [6.07, 6.45) is -3.77. The van der Waals surface area contributed by atoms with Crippen LogP contribution < -0.4 is 5.32 Å². The Bertz CT molecular complexity index is 1090. The normalized spacial score (nSPS) is 16.1. The monoisotopic (exact) mass is 461 g/mol. The number of urea groups is 1. The van der Waals surface area contributed by atoms with Crippen LogP contribution in [0.15, 0.2) is 54.6 Å². The standard InChI is InChI=1S/C23H22F3N3O2S/c1-15-19(16-5-3-2-4-6-16)28-20(32-15)22(31)11-13-29(14-12-22)21(30)27-18-9-7-17(8-10-18)23(24,25)26/h2-10,31H,11-14H2,1H3,(H,27,30). The van der Waals surface area contributed by atoms with Gasteiger partial charge in [0.15, 0.2) is 0 Å². The Morgan fingerprint density at radius 2 is 1.72 bits per heavy atom. The molecule has 2 aromatic carbocycles. The largest absolute Gasteiger partial charge is 0.416 e. The number of aromatic nitrogens is 1. The van der Waals surface area contributed by atoms with E-state index < -0.39 is 23.4 Å². The smallest absolute Gasteiger partial charge is 0.383 e. The van der Waals surface area contributed by atoms with Gasteiger partial charge in [0, 0.05) is 42.1 Å². The lowest BCUT2D eigenvalue weighted by Crippen LogP contribution is -2.46. The lowest BCUT2D eigenvalue weighted by Gasteiger charge is -2.36. The molecule has 0 unspecified atom stereocenters. The molecule has 2 N–H and O–H groups in total. The fraction of sp³-hybridized carbons (Fsp3) is 0.304. The zero-order chi connectivity index (χ0) is 22.9. The summed E-state index contributed by atoms with van der Waals surface area (Å²) in [5.74, 6) is 0.